The molecule has 0 saturated heterocycles. The highest BCUT2D eigenvalue weighted by atomic mass is 79.9. The number of aromatic nitrogens is 2. The first kappa shape index (κ1) is 26.3. The molecule has 2 heterocycles. The van der Waals surface area contributed by atoms with Gasteiger partial charge < -0.3 is 9.30 Å². The summed E-state index contributed by atoms with van der Waals surface area (Å²) in [5, 5.41) is 0.953. The molecule has 0 spiro atoms. The van der Waals surface area contributed by atoms with Crippen LogP contribution in [0.4, 0.5) is 0 Å². The Kier molecular flexibility index (Phi) is 8.62. The van der Waals surface area contributed by atoms with E-state index in [0.29, 0.717) is 23.2 Å². The molecule has 1 aliphatic heterocycles. The molecule has 0 fully saturated rings. The normalized spacial score (nSPS) is 12.8. The minimum atomic E-state index is -0.561. The van der Waals surface area contributed by atoms with E-state index in [4.69, 9.17) is 4.74 Å². The lowest BCUT2D eigenvalue weighted by Crippen LogP contribution is -2.31. The van der Waals surface area contributed by atoms with Gasteiger partial charge in [0.2, 0.25) is 0 Å². The van der Waals surface area contributed by atoms with Crippen LogP contribution in [0.1, 0.15) is 58.3 Å². The largest absolute Gasteiger partial charge is 0.443 e. The molecule has 4 rings (SSSR count). The number of halogens is 1. The van der Waals surface area contributed by atoms with Gasteiger partial charge >= 0.3 is 5.97 Å². The van der Waals surface area contributed by atoms with Crippen LogP contribution in [0.2, 0.25) is 0 Å². The highest BCUT2D eigenvalue weighted by Crippen LogP contribution is 2.22. The van der Waals surface area contributed by atoms with E-state index in [1.54, 1.807) is 62.1 Å². The summed E-state index contributed by atoms with van der Waals surface area (Å²) in [5.74, 6) is -0.841. The van der Waals surface area contributed by atoms with Crippen LogP contribution in [-0.2, 0) is 28.0 Å². The standard InChI is InChI=1S/C19H21N3O4.C8H9Br/c1-19(2,3)18(25)26-12-21-10-13(20-11-21)8-9-22-16(23)14-6-4-5-7-15(14)17(22)24;1-7-3-2-4-8(5-7)6-9/h4-7,10-11H,8-9,12H2,1-3H3;2-5H,6H2,1H3. The van der Waals surface area contributed by atoms with Crippen molar-refractivity contribution in [2.75, 3.05) is 6.54 Å². The lowest BCUT2D eigenvalue weighted by molar-refractivity contribution is -0.156. The van der Waals surface area contributed by atoms with Crippen molar-refractivity contribution in [3.63, 3.8) is 0 Å². The van der Waals surface area contributed by atoms with Gasteiger partial charge in [0.25, 0.3) is 11.8 Å². The molecule has 0 saturated carbocycles. The molecule has 1 aromatic heterocycles. The van der Waals surface area contributed by atoms with Crippen LogP contribution in [-0.4, -0.2) is 38.8 Å². The maximum Gasteiger partial charge on any atom is 0.312 e. The molecule has 35 heavy (non-hydrogen) atoms. The number of carbonyl (C=O) groups excluding carboxylic acids is 3. The molecule has 2 aromatic carbocycles. The predicted molar refractivity (Wildman–Crippen MR) is 137 cm³/mol. The van der Waals surface area contributed by atoms with Gasteiger partial charge in [-0.05, 0) is 45.4 Å². The second-order valence-corrected chi connectivity index (χ2v) is 9.93. The lowest BCUT2D eigenvalue weighted by Gasteiger charge is -2.16. The fourth-order valence-corrected chi connectivity index (χ4v) is 3.77. The summed E-state index contributed by atoms with van der Waals surface area (Å²) in [6.45, 7) is 7.80. The van der Waals surface area contributed by atoms with Gasteiger partial charge in [0.05, 0.1) is 28.6 Å². The van der Waals surface area contributed by atoms with Crippen molar-refractivity contribution in [2.45, 2.75) is 46.2 Å². The van der Waals surface area contributed by atoms with Gasteiger partial charge in [0.1, 0.15) is 0 Å². The minimum Gasteiger partial charge on any atom is -0.443 e. The second kappa shape index (κ2) is 11.4. The van der Waals surface area contributed by atoms with Gasteiger partial charge in [-0.3, -0.25) is 19.3 Å². The summed E-state index contributed by atoms with van der Waals surface area (Å²) in [5.41, 5.74) is 3.71. The van der Waals surface area contributed by atoms with Crippen LogP contribution in [0.25, 0.3) is 0 Å². The Hall–Kier alpha value is -3.26. The molecule has 0 aliphatic carbocycles. The Morgan fingerprint density at radius 3 is 2.23 bits per heavy atom. The number of ether oxygens (including phenoxy) is 1. The third-order valence-electron chi connectivity index (χ3n) is 5.35. The quantitative estimate of drug-likeness (QED) is 0.245. The number of amides is 2. The van der Waals surface area contributed by atoms with Gasteiger partial charge in [0, 0.05) is 24.5 Å². The number of carbonyl (C=O) groups is 3. The van der Waals surface area contributed by atoms with Crippen molar-refractivity contribution in [2.24, 2.45) is 5.41 Å². The SMILES string of the molecule is CC(C)(C)C(=O)OCn1cnc(CCN2C(=O)c3ccccc3C2=O)c1.Cc1cccc(CBr)c1. The maximum absolute atomic E-state index is 12.3. The third kappa shape index (κ3) is 6.88. The molecular weight excluding hydrogens is 510 g/mol. The molecule has 3 aromatic rings. The summed E-state index contributed by atoms with van der Waals surface area (Å²) < 4.78 is 6.88. The zero-order valence-corrected chi connectivity index (χ0v) is 22.0. The van der Waals surface area contributed by atoms with Gasteiger partial charge in [-0.25, -0.2) is 4.98 Å². The first-order chi connectivity index (χ1) is 16.6. The smallest absolute Gasteiger partial charge is 0.312 e. The molecule has 1 aliphatic rings. The summed E-state index contributed by atoms with van der Waals surface area (Å²) >= 11 is 3.39. The average Bonchev–Trinajstić information content (AvgIpc) is 3.38. The number of hydrogen-bond donors (Lipinski definition) is 0. The first-order valence-corrected chi connectivity index (χ1v) is 12.5. The van der Waals surface area contributed by atoms with E-state index in [-0.39, 0.29) is 31.1 Å². The lowest BCUT2D eigenvalue weighted by atomic mass is 9.98. The number of imide groups is 1. The Morgan fingerprint density at radius 2 is 1.69 bits per heavy atom. The van der Waals surface area contributed by atoms with Gasteiger partial charge in [-0.2, -0.15) is 0 Å². The van der Waals surface area contributed by atoms with E-state index in [9.17, 15) is 14.4 Å². The maximum atomic E-state index is 12.3. The fraction of sp³-hybridized carbons (Fsp3) is 0.333. The van der Waals surface area contributed by atoms with Crippen molar-refractivity contribution in [1.82, 2.24) is 14.5 Å². The number of rotatable bonds is 6. The van der Waals surface area contributed by atoms with Crippen LogP contribution < -0.4 is 0 Å². The number of fused-ring (bicyclic) bond motifs is 1. The first-order valence-electron chi connectivity index (χ1n) is 11.3. The van der Waals surface area contributed by atoms with Crippen molar-refractivity contribution >= 4 is 33.7 Å². The average molecular weight is 540 g/mol. The molecule has 184 valence electrons. The molecule has 8 heteroatoms. The van der Waals surface area contributed by atoms with Gasteiger partial charge in [0.15, 0.2) is 6.73 Å². The summed E-state index contributed by atoms with van der Waals surface area (Å²) in [7, 11) is 0. The van der Waals surface area contributed by atoms with E-state index in [2.05, 4.69) is 52.1 Å². The Bertz CT molecular complexity index is 1180. The zero-order valence-electron chi connectivity index (χ0n) is 20.5. The van der Waals surface area contributed by atoms with Crippen molar-refractivity contribution in [1.29, 1.82) is 0 Å². The van der Waals surface area contributed by atoms with Crippen molar-refractivity contribution < 1.29 is 19.1 Å². The van der Waals surface area contributed by atoms with Crippen LogP contribution >= 0.6 is 15.9 Å². The zero-order chi connectivity index (χ0) is 25.6. The summed E-state index contributed by atoms with van der Waals surface area (Å²) in [6.07, 6.45) is 3.74. The third-order valence-corrected chi connectivity index (χ3v) is 6.00. The highest BCUT2D eigenvalue weighted by molar-refractivity contribution is 9.08. The number of alkyl halides is 1. The predicted octanol–water partition coefficient (Wildman–Crippen LogP) is 5.16. The number of benzene rings is 2. The molecule has 0 atom stereocenters. The van der Waals surface area contributed by atoms with E-state index in [0.717, 1.165) is 5.33 Å². The van der Waals surface area contributed by atoms with E-state index in [1.165, 1.54) is 16.0 Å². The number of nitrogens with zero attached hydrogens (tertiary/aromatic N) is 3. The number of hydrogen-bond acceptors (Lipinski definition) is 5. The van der Waals surface area contributed by atoms with E-state index >= 15 is 0 Å². The van der Waals surface area contributed by atoms with Crippen LogP contribution in [0, 0.1) is 12.3 Å². The van der Waals surface area contributed by atoms with Crippen molar-refractivity contribution in [3.8, 4) is 0 Å². The summed E-state index contributed by atoms with van der Waals surface area (Å²) in [6, 6.07) is 15.3. The highest BCUT2D eigenvalue weighted by Gasteiger charge is 2.34. The van der Waals surface area contributed by atoms with E-state index < -0.39 is 5.41 Å². The molecular formula is C27H30BrN3O4. The van der Waals surface area contributed by atoms with E-state index in [1.807, 2.05) is 0 Å². The van der Waals surface area contributed by atoms with Crippen LogP contribution in [0.5, 0.6) is 0 Å². The Labute approximate surface area is 214 Å². The fourth-order valence-electron chi connectivity index (χ4n) is 3.42. The molecule has 7 nitrogen and oxygen atoms in total. The molecule has 2 amide bonds. The van der Waals surface area contributed by atoms with Gasteiger partial charge in [-0.1, -0.05) is 57.9 Å². The second-order valence-electron chi connectivity index (χ2n) is 9.37. The molecule has 0 bridgehead atoms. The number of aryl methyl sites for hydroxylation is 1. The molecule has 0 radical (unpaired) electrons. The molecule has 0 unspecified atom stereocenters. The topological polar surface area (TPSA) is 81.5 Å². The molecule has 0 N–H and O–H groups in total. The minimum absolute atomic E-state index is 0.0795. The summed E-state index contributed by atoms with van der Waals surface area (Å²) in [4.78, 5) is 41.9. The Morgan fingerprint density at radius 1 is 1.03 bits per heavy atom. The van der Waals surface area contributed by atoms with Gasteiger partial charge in [-0.15, -0.1) is 0 Å². The monoisotopic (exact) mass is 539 g/mol. The Balaban J connectivity index is 0.000000320. The van der Waals surface area contributed by atoms with Crippen molar-refractivity contribution in [3.05, 3.63) is 89.0 Å². The number of esters is 1. The number of imidazole rings is 1. The van der Waals surface area contributed by atoms with Crippen LogP contribution in [0.15, 0.2) is 61.1 Å². The van der Waals surface area contributed by atoms with Crippen LogP contribution in [0.3, 0.4) is 0 Å².